The highest BCUT2D eigenvalue weighted by Crippen LogP contribution is 2.35. The van der Waals surface area contributed by atoms with Crippen molar-refractivity contribution in [1.82, 2.24) is 9.97 Å². The van der Waals surface area contributed by atoms with Crippen LogP contribution in [0.1, 0.15) is 10.4 Å². The normalized spacial score (nSPS) is 10.3. The highest BCUT2D eigenvalue weighted by atomic mass is 35.5. The number of anilines is 1. The number of nitrogens with two attached hydrogens (primary N) is 1. The molecule has 0 saturated heterocycles. The first-order valence-electron chi connectivity index (χ1n) is 4.85. The van der Waals surface area contributed by atoms with Crippen molar-refractivity contribution in [2.75, 3.05) is 5.73 Å². The van der Waals surface area contributed by atoms with Crippen molar-refractivity contribution in [1.29, 1.82) is 0 Å². The Kier molecular flexibility index (Phi) is 3.69. The van der Waals surface area contributed by atoms with Crippen molar-refractivity contribution < 1.29 is 9.90 Å². The zero-order valence-corrected chi connectivity index (χ0v) is 10.6. The molecule has 3 N–H and O–H groups in total. The van der Waals surface area contributed by atoms with E-state index in [1.807, 2.05) is 0 Å². The van der Waals surface area contributed by atoms with Crippen LogP contribution in [0.4, 0.5) is 5.69 Å². The molecule has 0 fully saturated rings. The third-order valence-electron chi connectivity index (χ3n) is 2.03. The number of benzene rings is 1. The van der Waals surface area contributed by atoms with E-state index in [-0.39, 0.29) is 10.6 Å². The quantitative estimate of drug-likeness (QED) is 0.664. The second-order valence-electron chi connectivity index (χ2n) is 3.32. The molecule has 2 aromatic rings. The van der Waals surface area contributed by atoms with Crippen LogP contribution in [-0.2, 0) is 0 Å². The Hall–Kier alpha value is -1.79. The molecule has 5 nitrogen and oxygen atoms in total. The van der Waals surface area contributed by atoms with Gasteiger partial charge in [-0.15, -0.1) is 0 Å². The summed E-state index contributed by atoms with van der Waals surface area (Å²) in [5, 5.41) is 9.82. The van der Waals surface area contributed by atoms with Crippen molar-refractivity contribution in [2.45, 2.75) is 10.1 Å². The fourth-order valence-corrected chi connectivity index (χ4v) is 2.47. The predicted octanol–water partition coefficient (Wildman–Crippen LogP) is 2.56. The Morgan fingerprint density at radius 2 is 2.00 bits per heavy atom. The molecule has 92 valence electrons. The average Bonchev–Trinajstić information content (AvgIpc) is 2.33. The zero-order valence-electron chi connectivity index (χ0n) is 9.00. The fraction of sp³-hybridized carbons (Fsp3) is 0. The summed E-state index contributed by atoms with van der Waals surface area (Å²) in [6.45, 7) is 0. The van der Waals surface area contributed by atoms with Crippen LogP contribution in [0, 0.1) is 0 Å². The number of hydrogen-bond donors (Lipinski definition) is 2. The smallest absolute Gasteiger partial charge is 0.336 e. The third kappa shape index (κ3) is 2.72. The lowest BCUT2D eigenvalue weighted by atomic mass is 10.2. The van der Waals surface area contributed by atoms with E-state index >= 15 is 0 Å². The molecule has 1 aromatic heterocycles. The lowest BCUT2D eigenvalue weighted by Gasteiger charge is -2.08. The second-order valence-corrected chi connectivity index (χ2v) is 4.70. The number of aromatic carboxylic acids is 1. The summed E-state index contributed by atoms with van der Waals surface area (Å²) in [6, 6.07) is 4.53. The van der Waals surface area contributed by atoms with Gasteiger partial charge in [0.1, 0.15) is 0 Å². The van der Waals surface area contributed by atoms with E-state index in [0.717, 1.165) is 11.8 Å². The van der Waals surface area contributed by atoms with Crippen molar-refractivity contribution in [2.24, 2.45) is 0 Å². The topological polar surface area (TPSA) is 89.1 Å². The highest BCUT2D eigenvalue weighted by Gasteiger charge is 2.16. The summed E-state index contributed by atoms with van der Waals surface area (Å²) in [5.41, 5.74) is 5.91. The summed E-state index contributed by atoms with van der Waals surface area (Å²) < 4.78 is 0. The van der Waals surface area contributed by atoms with Gasteiger partial charge in [-0.05, 0) is 30.0 Å². The van der Waals surface area contributed by atoms with Crippen LogP contribution in [0.25, 0.3) is 0 Å². The maximum absolute atomic E-state index is 11.1. The Labute approximate surface area is 112 Å². The predicted molar refractivity (Wildman–Crippen MR) is 69.0 cm³/mol. The van der Waals surface area contributed by atoms with Crippen molar-refractivity contribution >= 4 is 35.0 Å². The van der Waals surface area contributed by atoms with Crippen molar-refractivity contribution in [3.05, 3.63) is 41.2 Å². The van der Waals surface area contributed by atoms with Gasteiger partial charge in [-0.1, -0.05) is 11.6 Å². The molecule has 7 heteroatoms. The number of aromatic nitrogens is 2. The van der Waals surface area contributed by atoms with Gasteiger partial charge in [0, 0.05) is 23.0 Å². The molecule has 0 aliphatic carbocycles. The fourth-order valence-electron chi connectivity index (χ4n) is 1.31. The molecule has 1 aromatic carbocycles. The van der Waals surface area contributed by atoms with E-state index in [2.05, 4.69) is 9.97 Å². The van der Waals surface area contributed by atoms with E-state index in [1.165, 1.54) is 12.1 Å². The number of hydrogen-bond acceptors (Lipinski definition) is 5. The van der Waals surface area contributed by atoms with Crippen LogP contribution in [0.15, 0.2) is 40.6 Å². The number of halogens is 1. The number of rotatable bonds is 3. The van der Waals surface area contributed by atoms with Crippen LogP contribution in [0.5, 0.6) is 0 Å². The molecular weight excluding hydrogens is 274 g/mol. The number of carboxylic acid groups (broad SMARTS) is 1. The summed E-state index contributed by atoms with van der Waals surface area (Å²) in [7, 11) is 0. The van der Waals surface area contributed by atoms with Crippen LogP contribution in [0.3, 0.4) is 0 Å². The van der Waals surface area contributed by atoms with Crippen LogP contribution in [0.2, 0.25) is 5.02 Å². The van der Waals surface area contributed by atoms with Crippen molar-refractivity contribution in [3.8, 4) is 0 Å². The minimum absolute atomic E-state index is 0.0393. The first kappa shape index (κ1) is 12.7. The average molecular weight is 282 g/mol. The van der Waals surface area contributed by atoms with Gasteiger partial charge in [0.05, 0.1) is 10.6 Å². The van der Waals surface area contributed by atoms with Gasteiger partial charge in [-0.2, -0.15) is 0 Å². The Bertz CT molecular complexity index is 592. The van der Waals surface area contributed by atoms with Gasteiger partial charge in [0.25, 0.3) is 0 Å². The van der Waals surface area contributed by atoms with Gasteiger partial charge in [-0.25, -0.2) is 14.8 Å². The minimum atomic E-state index is -1.09. The second kappa shape index (κ2) is 5.24. The van der Waals surface area contributed by atoms with Gasteiger partial charge in [0.2, 0.25) is 0 Å². The first-order valence-corrected chi connectivity index (χ1v) is 6.04. The number of carbonyl (C=O) groups is 1. The lowest BCUT2D eigenvalue weighted by molar-refractivity contribution is 0.0693. The number of nitrogen functional groups attached to an aromatic ring is 1. The van der Waals surface area contributed by atoms with Gasteiger partial charge in [0.15, 0.2) is 5.16 Å². The molecule has 0 atom stereocenters. The van der Waals surface area contributed by atoms with E-state index in [9.17, 15) is 4.79 Å². The van der Waals surface area contributed by atoms with E-state index in [0.29, 0.717) is 15.7 Å². The van der Waals surface area contributed by atoms with Gasteiger partial charge >= 0.3 is 5.97 Å². The SMILES string of the molecule is Nc1cc(Cl)c(Sc2ncccn2)c(C(=O)O)c1. The van der Waals surface area contributed by atoms with Gasteiger partial charge < -0.3 is 10.8 Å². The largest absolute Gasteiger partial charge is 0.478 e. The Morgan fingerprint density at radius 3 is 2.61 bits per heavy atom. The zero-order chi connectivity index (χ0) is 13.1. The highest BCUT2D eigenvalue weighted by molar-refractivity contribution is 7.99. The summed E-state index contributed by atoms with van der Waals surface area (Å²) >= 11 is 7.10. The molecule has 2 rings (SSSR count). The van der Waals surface area contributed by atoms with Crippen molar-refractivity contribution in [3.63, 3.8) is 0 Å². The molecule has 18 heavy (non-hydrogen) atoms. The molecule has 0 aliphatic rings. The van der Waals surface area contributed by atoms with Gasteiger partial charge in [-0.3, -0.25) is 0 Å². The molecule has 0 aliphatic heterocycles. The summed E-state index contributed by atoms with van der Waals surface area (Å²) in [4.78, 5) is 19.5. The maximum atomic E-state index is 11.1. The Morgan fingerprint density at radius 1 is 1.33 bits per heavy atom. The molecule has 0 radical (unpaired) electrons. The van der Waals surface area contributed by atoms with Crippen LogP contribution in [-0.4, -0.2) is 21.0 Å². The number of nitrogens with zero attached hydrogens (tertiary/aromatic N) is 2. The number of carboxylic acids is 1. The molecule has 0 saturated carbocycles. The summed E-state index contributed by atoms with van der Waals surface area (Å²) in [5.74, 6) is -1.09. The lowest BCUT2D eigenvalue weighted by Crippen LogP contribution is -2.01. The molecular formula is C11H8ClN3O2S. The monoisotopic (exact) mass is 281 g/mol. The van der Waals surface area contributed by atoms with E-state index in [1.54, 1.807) is 18.5 Å². The molecule has 0 amide bonds. The standard InChI is InChI=1S/C11H8ClN3O2S/c12-8-5-6(13)4-7(10(16)17)9(8)18-11-14-2-1-3-15-11/h1-5H,13H2,(H,16,17). The summed E-state index contributed by atoms with van der Waals surface area (Å²) in [6.07, 6.45) is 3.14. The molecule has 1 heterocycles. The first-order chi connectivity index (χ1) is 8.58. The maximum Gasteiger partial charge on any atom is 0.336 e. The molecule has 0 unspecified atom stereocenters. The van der Waals surface area contributed by atoms with Crippen LogP contribution >= 0.6 is 23.4 Å². The van der Waals surface area contributed by atoms with E-state index < -0.39 is 5.97 Å². The van der Waals surface area contributed by atoms with E-state index in [4.69, 9.17) is 22.4 Å². The molecule has 0 bridgehead atoms. The van der Waals surface area contributed by atoms with Crippen LogP contribution < -0.4 is 5.73 Å². The third-order valence-corrected chi connectivity index (χ3v) is 3.48. The minimum Gasteiger partial charge on any atom is -0.478 e. The Balaban J connectivity index is 2.47. The molecule has 0 spiro atoms.